The SMILES string of the molecule is [2H]c1c([2H])c([2H])c2c([2H])c(-c3c4c([2H])c([2H])c([2H])c([2H])c4c(-c4cc(-c5cccc6oc7cc8ccccc8cc7c56)c5ccccc5c4)c4c([2H])c([2H])c([2H])c([2H])c34)c([2H])c([2H])c2c1[2H]. The smallest absolute Gasteiger partial charge is 0.136 e. The molecular weight excluding hydrogens is 617 g/mol. The topological polar surface area (TPSA) is 13.1 Å². The van der Waals surface area contributed by atoms with Crippen molar-refractivity contribution in [2.75, 3.05) is 0 Å². The largest absolute Gasteiger partial charge is 0.456 e. The molecule has 0 bridgehead atoms. The monoisotopic (exact) mass is 661 g/mol. The van der Waals surface area contributed by atoms with Gasteiger partial charge >= 0.3 is 0 Å². The summed E-state index contributed by atoms with van der Waals surface area (Å²) in [6.07, 6.45) is 0. The summed E-state index contributed by atoms with van der Waals surface area (Å²) in [4.78, 5) is 0. The van der Waals surface area contributed by atoms with E-state index in [4.69, 9.17) is 16.8 Å². The van der Waals surface area contributed by atoms with Crippen LogP contribution in [0.3, 0.4) is 0 Å². The zero-order valence-corrected chi connectivity index (χ0v) is 26.6. The van der Waals surface area contributed by atoms with Gasteiger partial charge in [-0.3, -0.25) is 0 Å². The average molecular weight is 662 g/mol. The van der Waals surface area contributed by atoms with Gasteiger partial charge in [-0.25, -0.2) is 0 Å². The van der Waals surface area contributed by atoms with Gasteiger partial charge in [-0.05, 0) is 124 Å². The molecule has 236 valence electrons. The highest BCUT2D eigenvalue weighted by Gasteiger charge is 2.20. The highest BCUT2D eigenvalue weighted by atomic mass is 16.3. The van der Waals surface area contributed by atoms with Crippen LogP contribution in [0.15, 0.2) is 186 Å². The third-order valence-electron chi connectivity index (χ3n) is 9.68. The maximum absolute atomic E-state index is 9.56. The van der Waals surface area contributed by atoms with Gasteiger partial charge in [0.25, 0.3) is 0 Å². The molecule has 1 heteroatoms. The Kier molecular flexibility index (Phi) is 3.70. The first kappa shape index (κ1) is 17.3. The standard InChI is InChI=1S/C50H30O/c1-2-13-32-26-36(25-24-31(32)12-1)48-39-18-7-9-20-41(39)49(42-21-10-8-19-40(42)48)37-27-35-16-5-6-17-38(35)44(29-37)43-22-11-23-46-50(43)45-28-33-14-3-4-15-34(33)30-47(45)51-46/h1-30H/i1D,2D,7D,8D,9D,10D,12D,13D,18D,19D,20D,21D,24D,25D,26D. The van der Waals surface area contributed by atoms with E-state index in [1.807, 2.05) is 78.9 Å². The quantitative estimate of drug-likeness (QED) is 0.172. The van der Waals surface area contributed by atoms with Crippen LogP contribution < -0.4 is 0 Å². The minimum atomic E-state index is -0.742. The predicted octanol–water partition coefficient (Wildman–Crippen LogP) is 14.4. The van der Waals surface area contributed by atoms with Gasteiger partial charge in [-0.1, -0.05) is 145 Å². The number of hydrogen-bond acceptors (Lipinski definition) is 1. The van der Waals surface area contributed by atoms with Crippen molar-refractivity contribution in [2.45, 2.75) is 0 Å². The van der Waals surface area contributed by atoms with Crippen LogP contribution in [0.1, 0.15) is 20.6 Å². The lowest BCUT2D eigenvalue weighted by atomic mass is 9.84. The molecule has 1 heterocycles. The van der Waals surface area contributed by atoms with Gasteiger partial charge in [-0.2, -0.15) is 0 Å². The van der Waals surface area contributed by atoms with Crippen LogP contribution in [0.2, 0.25) is 0 Å². The van der Waals surface area contributed by atoms with Gasteiger partial charge in [-0.15, -0.1) is 0 Å². The molecule has 51 heavy (non-hydrogen) atoms. The summed E-state index contributed by atoms with van der Waals surface area (Å²) < 4.78 is 143. The Balaban J connectivity index is 1.36. The van der Waals surface area contributed by atoms with Crippen molar-refractivity contribution in [3.63, 3.8) is 0 Å². The minimum absolute atomic E-state index is 0.0249. The van der Waals surface area contributed by atoms with E-state index in [2.05, 4.69) is 6.07 Å². The molecule has 0 saturated heterocycles. The van der Waals surface area contributed by atoms with Crippen molar-refractivity contribution in [2.24, 2.45) is 0 Å². The van der Waals surface area contributed by atoms with Crippen molar-refractivity contribution in [3.8, 4) is 33.4 Å². The summed E-state index contributed by atoms with van der Waals surface area (Å²) >= 11 is 0. The molecular formula is C50H30O. The van der Waals surface area contributed by atoms with E-state index in [1.54, 1.807) is 6.07 Å². The van der Waals surface area contributed by atoms with Crippen LogP contribution in [-0.4, -0.2) is 0 Å². The predicted molar refractivity (Wildman–Crippen MR) is 218 cm³/mol. The Bertz CT molecular complexity index is 3980. The molecule has 0 saturated carbocycles. The van der Waals surface area contributed by atoms with Gasteiger partial charge in [0.1, 0.15) is 11.2 Å². The molecule has 1 nitrogen and oxygen atoms in total. The zero-order valence-electron chi connectivity index (χ0n) is 41.6. The second kappa shape index (κ2) is 10.9. The fraction of sp³-hybridized carbons (Fsp3) is 0. The van der Waals surface area contributed by atoms with Crippen LogP contribution in [0.4, 0.5) is 0 Å². The van der Waals surface area contributed by atoms with Gasteiger partial charge in [0.2, 0.25) is 0 Å². The molecule has 0 spiro atoms. The average Bonchev–Trinajstić information content (AvgIpc) is 3.69. The van der Waals surface area contributed by atoms with Crippen molar-refractivity contribution in [3.05, 3.63) is 182 Å². The Morgan fingerprint density at radius 3 is 1.75 bits per heavy atom. The molecule has 0 aliphatic heterocycles. The van der Waals surface area contributed by atoms with Crippen LogP contribution in [-0.2, 0) is 0 Å². The van der Waals surface area contributed by atoms with Crippen molar-refractivity contribution in [1.82, 2.24) is 0 Å². The molecule has 0 fully saturated rings. The third kappa shape index (κ3) is 4.28. The number of rotatable bonds is 3. The van der Waals surface area contributed by atoms with E-state index in [9.17, 15) is 8.22 Å². The number of fused-ring (bicyclic) bond motifs is 8. The van der Waals surface area contributed by atoms with Crippen molar-refractivity contribution >= 4 is 75.8 Å². The summed E-state index contributed by atoms with van der Waals surface area (Å²) in [5, 5.41) is 3.32. The molecule has 0 aliphatic rings. The summed E-state index contributed by atoms with van der Waals surface area (Å²) in [6, 6.07) is 18.8. The normalized spacial score (nSPS) is 16.0. The molecule has 0 radical (unpaired) electrons. The van der Waals surface area contributed by atoms with E-state index in [0.29, 0.717) is 27.7 Å². The molecule has 0 amide bonds. The lowest BCUT2D eigenvalue weighted by Crippen LogP contribution is -1.92. The first-order valence-electron chi connectivity index (χ1n) is 23.9. The lowest BCUT2D eigenvalue weighted by Gasteiger charge is -2.19. The number of benzene rings is 10. The Hall–Kier alpha value is -6.70. The van der Waals surface area contributed by atoms with Gasteiger partial charge in [0.05, 0.1) is 20.6 Å². The third-order valence-corrected chi connectivity index (χ3v) is 9.68. The molecule has 1 aromatic heterocycles. The molecule has 0 unspecified atom stereocenters. The fourth-order valence-corrected chi connectivity index (χ4v) is 7.48. The minimum Gasteiger partial charge on any atom is -0.456 e. The zero-order chi connectivity index (χ0) is 46.5. The highest BCUT2D eigenvalue weighted by Crippen LogP contribution is 2.47. The number of furan rings is 1. The Morgan fingerprint density at radius 1 is 0.373 bits per heavy atom. The highest BCUT2D eigenvalue weighted by molar-refractivity contribution is 6.23. The molecule has 10 aromatic carbocycles. The Morgan fingerprint density at radius 2 is 1.00 bits per heavy atom. The van der Waals surface area contributed by atoms with Crippen LogP contribution in [0, 0.1) is 0 Å². The molecule has 11 rings (SSSR count). The molecule has 0 aliphatic carbocycles. The fourth-order valence-electron chi connectivity index (χ4n) is 7.48. The number of hydrogen-bond donors (Lipinski definition) is 0. The van der Waals surface area contributed by atoms with Gasteiger partial charge < -0.3 is 4.42 Å². The molecule has 0 atom stereocenters. The summed E-state index contributed by atoms with van der Waals surface area (Å²) in [7, 11) is 0. The molecule has 11 aromatic rings. The summed E-state index contributed by atoms with van der Waals surface area (Å²) in [5.74, 6) is 0. The van der Waals surface area contributed by atoms with E-state index < -0.39 is 107 Å². The second-order valence-electron chi connectivity index (χ2n) is 12.5. The van der Waals surface area contributed by atoms with Gasteiger partial charge in [0, 0.05) is 10.8 Å². The second-order valence-corrected chi connectivity index (χ2v) is 12.5. The van der Waals surface area contributed by atoms with Crippen molar-refractivity contribution in [1.29, 1.82) is 0 Å². The lowest BCUT2D eigenvalue weighted by molar-refractivity contribution is 0.669. The van der Waals surface area contributed by atoms with Crippen molar-refractivity contribution < 1.29 is 25.0 Å². The van der Waals surface area contributed by atoms with E-state index in [1.165, 1.54) is 0 Å². The summed E-state index contributed by atoms with van der Waals surface area (Å²) in [5.41, 5.74) is 2.19. The van der Waals surface area contributed by atoms with E-state index >= 15 is 0 Å². The van der Waals surface area contributed by atoms with Crippen LogP contribution in [0.5, 0.6) is 0 Å². The first-order valence-corrected chi connectivity index (χ1v) is 16.4. The maximum atomic E-state index is 9.56. The maximum Gasteiger partial charge on any atom is 0.136 e. The van der Waals surface area contributed by atoms with Gasteiger partial charge in [0.15, 0.2) is 0 Å². The van der Waals surface area contributed by atoms with E-state index in [-0.39, 0.29) is 32.7 Å². The van der Waals surface area contributed by atoms with Crippen LogP contribution in [0.25, 0.3) is 109 Å². The van der Waals surface area contributed by atoms with Crippen LogP contribution >= 0.6 is 0 Å². The molecule has 0 N–H and O–H groups in total. The Labute approximate surface area is 315 Å². The summed E-state index contributed by atoms with van der Waals surface area (Å²) in [6.45, 7) is 0. The first-order chi connectivity index (χ1) is 31.5. The van der Waals surface area contributed by atoms with E-state index in [0.717, 1.165) is 32.5 Å².